The van der Waals surface area contributed by atoms with Gasteiger partial charge in [0.25, 0.3) is 0 Å². The van der Waals surface area contributed by atoms with Gasteiger partial charge in [-0.1, -0.05) is 0 Å². The van der Waals surface area contributed by atoms with E-state index in [0.717, 1.165) is 16.9 Å². The molecule has 0 spiro atoms. The SMILES string of the molecule is C[C@@H](Cn1cnnn1)Oc1cncc(-c2ccc3nccn3n2)c1. The third kappa shape index (κ3) is 2.91. The van der Waals surface area contributed by atoms with Crippen molar-refractivity contribution in [1.82, 2.24) is 39.8 Å². The van der Waals surface area contributed by atoms with Crippen LogP contribution in [0, 0.1) is 0 Å². The van der Waals surface area contributed by atoms with Crippen molar-refractivity contribution in [2.24, 2.45) is 0 Å². The van der Waals surface area contributed by atoms with Crippen LogP contribution >= 0.6 is 0 Å². The first-order chi connectivity index (χ1) is 11.8. The smallest absolute Gasteiger partial charge is 0.153 e. The van der Waals surface area contributed by atoms with E-state index in [9.17, 15) is 0 Å². The molecule has 0 saturated heterocycles. The number of ether oxygens (including phenoxy) is 1. The van der Waals surface area contributed by atoms with Crippen LogP contribution < -0.4 is 4.74 Å². The molecule has 0 aliphatic rings. The van der Waals surface area contributed by atoms with Crippen LogP contribution in [0.25, 0.3) is 16.9 Å². The molecule has 0 amide bonds. The second-order valence-corrected chi connectivity index (χ2v) is 5.32. The van der Waals surface area contributed by atoms with Crippen molar-refractivity contribution < 1.29 is 4.74 Å². The van der Waals surface area contributed by atoms with Gasteiger partial charge in [0.1, 0.15) is 18.2 Å². The highest BCUT2D eigenvalue weighted by atomic mass is 16.5. The fourth-order valence-corrected chi connectivity index (χ4v) is 2.39. The molecule has 9 heteroatoms. The summed E-state index contributed by atoms with van der Waals surface area (Å²) < 4.78 is 9.24. The van der Waals surface area contributed by atoms with Crippen LogP contribution in [0.3, 0.4) is 0 Å². The van der Waals surface area contributed by atoms with E-state index < -0.39 is 0 Å². The minimum Gasteiger partial charge on any atom is -0.487 e. The minimum absolute atomic E-state index is 0.102. The average molecular weight is 322 g/mol. The van der Waals surface area contributed by atoms with E-state index in [1.54, 1.807) is 40.3 Å². The lowest BCUT2D eigenvalue weighted by atomic mass is 10.2. The van der Waals surface area contributed by atoms with Gasteiger partial charge in [-0.3, -0.25) is 4.98 Å². The first-order valence-corrected chi connectivity index (χ1v) is 7.41. The highest BCUT2D eigenvalue weighted by Gasteiger charge is 2.09. The van der Waals surface area contributed by atoms with Crippen molar-refractivity contribution in [1.29, 1.82) is 0 Å². The zero-order chi connectivity index (χ0) is 16.4. The first kappa shape index (κ1) is 14.2. The van der Waals surface area contributed by atoms with Crippen LogP contribution in [0.5, 0.6) is 5.75 Å². The number of tetrazole rings is 1. The lowest BCUT2D eigenvalue weighted by Gasteiger charge is -2.14. The van der Waals surface area contributed by atoms with Gasteiger partial charge in [0.15, 0.2) is 5.65 Å². The maximum absolute atomic E-state index is 5.90. The third-order valence-corrected chi connectivity index (χ3v) is 3.44. The van der Waals surface area contributed by atoms with Gasteiger partial charge in [-0.2, -0.15) is 5.10 Å². The standard InChI is InChI=1S/C15H14N8O/c1-11(9-22-10-18-20-21-22)24-13-6-12(7-16-8-13)14-2-3-15-17-4-5-23(15)19-14/h2-8,10-11H,9H2,1H3/t11-/m0/s1. The molecule has 0 radical (unpaired) electrons. The highest BCUT2D eigenvalue weighted by Crippen LogP contribution is 2.22. The maximum Gasteiger partial charge on any atom is 0.153 e. The predicted octanol–water partition coefficient (Wildman–Crippen LogP) is 1.25. The summed E-state index contributed by atoms with van der Waals surface area (Å²) in [5, 5.41) is 15.6. The number of hydrogen-bond donors (Lipinski definition) is 0. The fourth-order valence-electron chi connectivity index (χ4n) is 2.39. The molecule has 4 aromatic heterocycles. The molecule has 120 valence electrons. The summed E-state index contributed by atoms with van der Waals surface area (Å²) in [6.45, 7) is 2.50. The first-order valence-electron chi connectivity index (χ1n) is 7.41. The van der Waals surface area contributed by atoms with Gasteiger partial charge >= 0.3 is 0 Å². The Bertz CT molecular complexity index is 949. The Kier molecular flexibility index (Phi) is 3.58. The molecule has 4 aromatic rings. The number of nitrogens with zero attached hydrogens (tertiary/aromatic N) is 8. The summed E-state index contributed by atoms with van der Waals surface area (Å²) in [5.41, 5.74) is 2.47. The number of aromatic nitrogens is 8. The fraction of sp³-hybridized carbons (Fsp3) is 0.200. The van der Waals surface area contributed by atoms with E-state index in [0.29, 0.717) is 12.3 Å². The summed E-state index contributed by atoms with van der Waals surface area (Å²) in [7, 11) is 0. The third-order valence-electron chi connectivity index (χ3n) is 3.44. The Morgan fingerprint density at radius 2 is 2.21 bits per heavy atom. The van der Waals surface area contributed by atoms with E-state index >= 15 is 0 Å². The van der Waals surface area contributed by atoms with E-state index in [2.05, 4.69) is 30.6 Å². The van der Waals surface area contributed by atoms with Gasteiger partial charge in [-0.05, 0) is 35.5 Å². The van der Waals surface area contributed by atoms with Crippen molar-refractivity contribution in [2.45, 2.75) is 19.6 Å². The average Bonchev–Trinajstić information content (AvgIpc) is 3.25. The summed E-state index contributed by atoms with van der Waals surface area (Å²) in [4.78, 5) is 8.43. The topological polar surface area (TPSA) is 95.9 Å². The second kappa shape index (κ2) is 6.03. The van der Waals surface area contributed by atoms with Crippen molar-refractivity contribution in [3.8, 4) is 17.0 Å². The Morgan fingerprint density at radius 3 is 3.08 bits per heavy atom. The van der Waals surface area contributed by atoms with Crippen LogP contribution in [-0.4, -0.2) is 45.9 Å². The molecule has 0 aromatic carbocycles. The zero-order valence-electron chi connectivity index (χ0n) is 12.9. The van der Waals surface area contributed by atoms with Crippen LogP contribution in [0.15, 0.2) is 49.3 Å². The summed E-state index contributed by atoms with van der Waals surface area (Å²) in [6.07, 6.45) is 8.40. The molecule has 0 aliphatic carbocycles. The highest BCUT2D eigenvalue weighted by molar-refractivity contribution is 5.60. The lowest BCUT2D eigenvalue weighted by molar-refractivity contribution is 0.192. The van der Waals surface area contributed by atoms with Gasteiger partial charge in [0, 0.05) is 24.2 Å². The van der Waals surface area contributed by atoms with Gasteiger partial charge in [-0.15, -0.1) is 5.10 Å². The molecule has 0 fully saturated rings. The number of rotatable bonds is 5. The molecule has 0 bridgehead atoms. The van der Waals surface area contributed by atoms with Crippen molar-refractivity contribution in [3.05, 3.63) is 49.3 Å². The summed E-state index contributed by atoms with van der Waals surface area (Å²) in [5.74, 6) is 0.667. The van der Waals surface area contributed by atoms with Gasteiger partial charge in [-0.25, -0.2) is 14.2 Å². The van der Waals surface area contributed by atoms with Gasteiger partial charge in [0.2, 0.25) is 0 Å². The zero-order valence-corrected chi connectivity index (χ0v) is 12.9. The molecule has 0 saturated carbocycles. The maximum atomic E-state index is 5.90. The van der Waals surface area contributed by atoms with Gasteiger partial charge < -0.3 is 4.74 Å². The van der Waals surface area contributed by atoms with E-state index in [4.69, 9.17) is 4.74 Å². The van der Waals surface area contributed by atoms with Crippen molar-refractivity contribution in [2.75, 3.05) is 0 Å². The predicted molar refractivity (Wildman–Crippen MR) is 84.1 cm³/mol. The molecular weight excluding hydrogens is 308 g/mol. The molecule has 4 rings (SSSR count). The monoisotopic (exact) mass is 322 g/mol. The van der Waals surface area contributed by atoms with Crippen molar-refractivity contribution >= 4 is 5.65 Å². The lowest BCUT2D eigenvalue weighted by Crippen LogP contribution is -2.20. The summed E-state index contributed by atoms with van der Waals surface area (Å²) >= 11 is 0. The Morgan fingerprint density at radius 1 is 1.25 bits per heavy atom. The quantitative estimate of drug-likeness (QED) is 0.545. The number of hydrogen-bond acceptors (Lipinski definition) is 7. The Hall–Kier alpha value is -3.36. The van der Waals surface area contributed by atoms with E-state index in [-0.39, 0.29) is 6.10 Å². The van der Waals surface area contributed by atoms with Gasteiger partial charge in [0.05, 0.1) is 18.4 Å². The largest absolute Gasteiger partial charge is 0.487 e. The summed E-state index contributed by atoms with van der Waals surface area (Å²) in [6, 6.07) is 5.73. The molecular formula is C15H14N8O. The molecule has 24 heavy (non-hydrogen) atoms. The molecule has 0 aliphatic heterocycles. The van der Waals surface area contributed by atoms with Crippen LogP contribution in [0.2, 0.25) is 0 Å². The molecule has 9 nitrogen and oxygen atoms in total. The van der Waals surface area contributed by atoms with Crippen molar-refractivity contribution in [3.63, 3.8) is 0 Å². The molecule has 0 N–H and O–H groups in total. The van der Waals surface area contributed by atoms with E-state index in [1.165, 1.54) is 0 Å². The molecule has 0 unspecified atom stereocenters. The second-order valence-electron chi connectivity index (χ2n) is 5.32. The molecule has 4 heterocycles. The molecule has 1 atom stereocenters. The number of imidazole rings is 1. The Labute approximate surface area is 136 Å². The van der Waals surface area contributed by atoms with Crippen LogP contribution in [0.4, 0.5) is 0 Å². The normalized spacial score (nSPS) is 12.4. The van der Waals surface area contributed by atoms with Crippen LogP contribution in [0.1, 0.15) is 6.92 Å². The van der Waals surface area contributed by atoms with Crippen LogP contribution in [-0.2, 0) is 6.54 Å². The van der Waals surface area contributed by atoms with E-state index in [1.807, 2.05) is 25.1 Å². The number of pyridine rings is 1. The minimum atomic E-state index is -0.102. The number of fused-ring (bicyclic) bond motifs is 1. The Balaban J connectivity index is 1.54.